The molecule has 6 rings (SSSR count). The third-order valence-corrected chi connectivity index (χ3v) is 6.80. The molecule has 1 aliphatic rings. The molecular weight excluding hydrogens is 542 g/mol. The van der Waals surface area contributed by atoms with E-state index in [1.54, 1.807) is 23.1 Å². The Morgan fingerprint density at radius 1 is 0.833 bits per heavy atom. The molecular formula is C29H17BrClNO4. The predicted octanol–water partition coefficient (Wildman–Crippen LogP) is 7.75. The van der Waals surface area contributed by atoms with E-state index in [9.17, 15) is 9.59 Å². The second-order valence-corrected chi connectivity index (χ2v) is 9.71. The number of fused-ring (bicyclic) bond motifs is 2. The van der Waals surface area contributed by atoms with Crippen molar-refractivity contribution >= 4 is 50.1 Å². The molecule has 1 aliphatic heterocycles. The van der Waals surface area contributed by atoms with Crippen molar-refractivity contribution in [3.8, 4) is 11.5 Å². The molecule has 1 unspecified atom stereocenters. The SMILES string of the molecule is O=C1c2oc3ccc(Cl)cc3c(=O)c2C(c2cccc(Oc3ccccc3)c2)N1c1cccc(Br)c1. The Balaban J connectivity index is 1.56. The van der Waals surface area contributed by atoms with Crippen molar-refractivity contribution in [3.63, 3.8) is 0 Å². The van der Waals surface area contributed by atoms with Gasteiger partial charge in [-0.05, 0) is 66.2 Å². The van der Waals surface area contributed by atoms with Gasteiger partial charge in [0, 0.05) is 15.2 Å². The van der Waals surface area contributed by atoms with E-state index in [1.165, 1.54) is 0 Å². The summed E-state index contributed by atoms with van der Waals surface area (Å²) in [6, 6.07) is 28.3. The largest absolute Gasteiger partial charge is 0.457 e. The maximum atomic E-state index is 13.8. The summed E-state index contributed by atoms with van der Waals surface area (Å²) >= 11 is 9.67. The van der Waals surface area contributed by atoms with Crippen molar-refractivity contribution in [1.82, 2.24) is 0 Å². The Kier molecular flexibility index (Phi) is 5.63. The molecule has 0 N–H and O–H groups in total. The van der Waals surface area contributed by atoms with E-state index in [0.29, 0.717) is 38.7 Å². The lowest BCUT2D eigenvalue weighted by molar-refractivity contribution is 0.0971. The zero-order valence-corrected chi connectivity index (χ0v) is 21.0. The van der Waals surface area contributed by atoms with E-state index in [4.69, 9.17) is 20.8 Å². The molecule has 1 amide bonds. The second-order valence-electron chi connectivity index (χ2n) is 8.36. The van der Waals surface area contributed by atoms with Crippen molar-refractivity contribution in [3.05, 3.63) is 134 Å². The fraction of sp³-hybridized carbons (Fsp3) is 0.0345. The lowest BCUT2D eigenvalue weighted by atomic mass is 9.98. The standard InChI is InChI=1S/C29H17BrClNO4/c30-18-7-5-8-20(15-18)32-26(17-6-4-11-22(14-17)35-21-9-2-1-3-10-21)25-27(33)23-16-19(31)12-13-24(23)36-28(25)29(32)34/h1-16,26H. The Morgan fingerprint density at radius 3 is 2.42 bits per heavy atom. The number of para-hydroxylation sites is 1. The van der Waals surface area contributed by atoms with Crippen LogP contribution >= 0.6 is 27.5 Å². The zero-order chi connectivity index (χ0) is 24.8. The predicted molar refractivity (Wildman–Crippen MR) is 143 cm³/mol. The zero-order valence-electron chi connectivity index (χ0n) is 18.7. The van der Waals surface area contributed by atoms with Crippen LogP contribution in [-0.2, 0) is 0 Å². The van der Waals surface area contributed by atoms with Crippen LogP contribution in [-0.4, -0.2) is 5.91 Å². The van der Waals surface area contributed by atoms with Crippen LogP contribution in [0.25, 0.3) is 11.0 Å². The number of amides is 1. The van der Waals surface area contributed by atoms with Gasteiger partial charge in [-0.15, -0.1) is 0 Å². The molecule has 36 heavy (non-hydrogen) atoms. The minimum Gasteiger partial charge on any atom is -0.457 e. The van der Waals surface area contributed by atoms with Crippen LogP contribution in [0.5, 0.6) is 11.5 Å². The number of carbonyl (C=O) groups excluding carboxylic acids is 1. The van der Waals surface area contributed by atoms with Crippen molar-refractivity contribution in [2.45, 2.75) is 6.04 Å². The second kappa shape index (κ2) is 8.97. The highest BCUT2D eigenvalue weighted by atomic mass is 79.9. The first-order valence-electron chi connectivity index (χ1n) is 11.2. The van der Waals surface area contributed by atoms with E-state index in [0.717, 1.165) is 4.47 Å². The number of nitrogens with zero attached hydrogens (tertiary/aromatic N) is 1. The van der Waals surface area contributed by atoms with Gasteiger partial charge in [-0.3, -0.25) is 14.5 Å². The van der Waals surface area contributed by atoms with Crippen LogP contribution in [0.15, 0.2) is 111 Å². The van der Waals surface area contributed by atoms with Gasteiger partial charge in [0.2, 0.25) is 5.76 Å². The van der Waals surface area contributed by atoms with E-state index >= 15 is 0 Å². The fourth-order valence-corrected chi connectivity index (χ4v) is 5.08. The van der Waals surface area contributed by atoms with Gasteiger partial charge in [0.25, 0.3) is 5.91 Å². The van der Waals surface area contributed by atoms with Crippen LogP contribution in [0.3, 0.4) is 0 Å². The summed E-state index contributed by atoms with van der Waals surface area (Å²) in [6.07, 6.45) is 0. The third-order valence-electron chi connectivity index (χ3n) is 6.07. The highest BCUT2D eigenvalue weighted by molar-refractivity contribution is 9.10. The summed E-state index contributed by atoms with van der Waals surface area (Å²) in [6.45, 7) is 0. The molecule has 0 saturated carbocycles. The van der Waals surface area contributed by atoms with Gasteiger partial charge in [0.05, 0.1) is 17.0 Å². The van der Waals surface area contributed by atoms with Gasteiger partial charge in [0.1, 0.15) is 17.1 Å². The highest BCUT2D eigenvalue weighted by Gasteiger charge is 2.43. The number of carbonyl (C=O) groups is 1. The van der Waals surface area contributed by atoms with Gasteiger partial charge in [-0.2, -0.15) is 0 Å². The first kappa shape index (κ1) is 22.6. The first-order valence-corrected chi connectivity index (χ1v) is 12.3. The molecule has 0 saturated heterocycles. The third kappa shape index (κ3) is 3.88. The van der Waals surface area contributed by atoms with E-state index in [2.05, 4.69) is 15.9 Å². The summed E-state index contributed by atoms with van der Waals surface area (Å²) in [7, 11) is 0. The van der Waals surface area contributed by atoms with Gasteiger partial charge in [-0.1, -0.05) is 63.9 Å². The first-order chi connectivity index (χ1) is 17.5. The van der Waals surface area contributed by atoms with Crippen LogP contribution < -0.4 is 15.1 Å². The number of hydrogen-bond donors (Lipinski definition) is 0. The average molecular weight is 559 g/mol. The fourth-order valence-electron chi connectivity index (χ4n) is 4.53. The molecule has 0 aliphatic carbocycles. The summed E-state index contributed by atoms with van der Waals surface area (Å²) < 4.78 is 12.9. The molecule has 176 valence electrons. The van der Waals surface area contributed by atoms with Gasteiger partial charge in [-0.25, -0.2) is 0 Å². The molecule has 5 nitrogen and oxygen atoms in total. The van der Waals surface area contributed by atoms with Gasteiger partial charge >= 0.3 is 0 Å². The molecule has 0 spiro atoms. The summed E-state index contributed by atoms with van der Waals surface area (Å²) in [5.74, 6) is 0.897. The molecule has 1 aromatic heterocycles. The normalized spacial score (nSPS) is 14.8. The number of ether oxygens (including phenoxy) is 1. The quantitative estimate of drug-likeness (QED) is 0.226. The van der Waals surface area contributed by atoms with Crippen molar-refractivity contribution in [2.75, 3.05) is 4.90 Å². The van der Waals surface area contributed by atoms with E-state index in [1.807, 2.05) is 78.9 Å². The Labute approximate surface area is 219 Å². The number of anilines is 1. The number of rotatable bonds is 4. The Morgan fingerprint density at radius 2 is 1.61 bits per heavy atom. The van der Waals surface area contributed by atoms with Gasteiger partial charge in [0.15, 0.2) is 5.43 Å². The van der Waals surface area contributed by atoms with E-state index < -0.39 is 11.9 Å². The maximum Gasteiger partial charge on any atom is 0.295 e. The molecule has 1 atom stereocenters. The Hall–Kier alpha value is -3.87. The van der Waals surface area contributed by atoms with Crippen molar-refractivity contribution in [1.29, 1.82) is 0 Å². The molecule has 2 heterocycles. The smallest absolute Gasteiger partial charge is 0.295 e. The number of hydrogen-bond acceptors (Lipinski definition) is 4. The van der Waals surface area contributed by atoms with Crippen molar-refractivity contribution in [2.24, 2.45) is 0 Å². The average Bonchev–Trinajstić information content (AvgIpc) is 3.18. The molecule has 0 bridgehead atoms. The molecule has 4 aromatic carbocycles. The van der Waals surface area contributed by atoms with Crippen molar-refractivity contribution < 1.29 is 13.9 Å². The minimum atomic E-state index is -0.722. The maximum absolute atomic E-state index is 13.8. The lowest BCUT2D eigenvalue weighted by Gasteiger charge is -2.25. The summed E-state index contributed by atoms with van der Waals surface area (Å²) in [5.41, 5.74) is 1.63. The number of halogens is 2. The minimum absolute atomic E-state index is 0.0224. The molecule has 7 heteroatoms. The van der Waals surface area contributed by atoms with Crippen LogP contribution in [0, 0.1) is 0 Å². The summed E-state index contributed by atoms with van der Waals surface area (Å²) in [5, 5.41) is 0.740. The highest BCUT2D eigenvalue weighted by Crippen LogP contribution is 2.42. The summed E-state index contributed by atoms with van der Waals surface area (Å²) in [4.78, 5) is 29.1. The van der Waals surface area contributed by atoms with Gasteiger partial charge < -0.3 is 9.15 Å². The Bertz CT molecular complexity index is 1700. The monoisotopic (exact) mass is 557 g/mol. The van der Waals surface area contributed by atoms with Crippen LogP contribution in [0.4, 0.5) is 5.69 Å². The topological polar surface area (TPSA) is 59.8 Å². The molecule has 0 radical (unpaired) electrons. The lowest BCUT2D eigenvalue weighted by Crippen LogP contribution is -2.29. The number of benzene rings is 4. The molecule has 0 fully saturated rings. The molecule has 5 aromatic rings. The van der Waals surface area contributed by atoms with Crippen LogP contribution in [0.1, 0.15) is 27.7 Å². The van der Waals surface area contributed by atoms with Crippen LogP contribution in [0.2, 0.25) is 5.02 Å². The van der Waals surface area contributed by atoms with E-state index in [-0.39, 0.29) is 16.8 Å².